The first-order valence-corrected chi connectivity index (χ1v) is 14.9. The normalized spacial score (nSPS) is 12.0. The number of phosphoric ester groups is 1. The van der Waals surface area contributed by atoms with Crippen molar-refractivity contribution >= 4 is 41.9 Å². The van der Waals surface area contributed by atoms with Crippen molar-refractivity contribution in [1.29, 1.82) is 0 Å². The molecule has 3 aromatic carbocycles. The molecule has 0 spiro atoms. The number of nitrogens with zero attached hydrogens (tertiary/aromatic N) is 6. The highest BCUT2D eigenvalue weighted by molar-refractivity contribution is 7.48. The Bertz CT molecular complexity index is 2030. The van der Waals surface area contributed by atoms with Crippen molar-refractivity contribution in [2.75, 3.05) is 0 Å². The third-order valence-corrected chi connectivity index (χ3v) is 8.14. The zero-order valence-electron chi connectivity index (χ0n) is 25.6. The Labute approximate surface area is 290 Å². The maximum atomic E-state index is 14.0. The minimum atomic E-state index is -6.06. The number of alkyl halides is 7. The lowest BCUT2D eigenvalue weighted by atomic mass is 10.0. The molecule has 22 nitrogen and oxygen atoms in total. The highest BCUT2D eigenvalue weighted by Gasteiger charge is 2.43. The molecular formula is C24H14F7N6O16P. The predicted molar refractivity (Wildman–Crippen MR) is 156 cm³/mol. The summed E-state index contributed by atoms with van der Waals surface area (Å²) in [6.07, 6.45) is -11.4. The van der Waals surface area contributed by atoms with E-state index in [1.165, 1.54) is 0 Å². The number of phosphoric acid groups is 1. The maximum Gasteiger partial charge on any atom is 0.475 e. The number of rotatable bonds is 16. The lowest BCUT2D eigenvalue weighted by molar-refractivity contribution is -0.395. The van der Waals surface area contributed by atoms with Gasteiger partial charge in [0.2, 0.25) is 0 Å². The third-order valence-electron chi connectivity index (χ3n) is 6.80. The first kappa shape index (κ1) is 42.1. The highest BCUT2D eigenvalue weighted by Crippen LogP contribution is 2.54. The Morgan fingerprint density at radius 2 is 0.796 bits per heavy atom. The SMILES string of the molecule is O=[N+]([O-])c1cc(CF)c(COP(=O)(OCc2c([N+](=O)[O-])cc([N+](=O)[O-])cc2C(F)(F)F)OCc2c([N+](=O)[O-])cc([N+](=O)[O-])cc2C(F)(F)F)c([N+](=O)[O-])c1. The van der Waals surface area contributed by atoms with Crippen LogP contribution in [-0.4, -0.2) is 29.5 Å². The second kappa shape index (κ2) is 15.7. The molecule has 54 heavy (non-hydrogen) atoms. The number of hydrogen-bond donors (Lipinski definition) is 0. The van der Waals surface area contributed by atoms with E-state index in [-0.39, 0.29) is 30.3 Å². The van der Waals surface area contributed by atoms with Gasteiger partial charge in [0, 0.05) is 23.8 Å². The first-order valence-electron chi connectivity index (χ1n) is 13.4. The molecule has 3 aromatic rings. The number of hydrogen-bond acceptors (Lipinski definition) is 16. The van der Waals surface area contributed by atoms with Crippen molar-refractivity contribution in [3.8, 4) is 0 Å². The molecule has 0 aromatic heterocycles. The van der Waals surface area contributed by atoms with Crippen LogP contribution in [0.25, 0.3) is 0 Å². The monoisotopic (exact) mass is 806 g/mol. The summed E-state index contributed by atoms with van der Waals surface area (Å²) in [7, 11) is -6.06. The zero-order chi connectivity index (χ0) is 41.1. The Hall–Kier alpha value is -6.32. The van der Waals surface area contributed by atoms with E-state index in [4.69, 9.17) is 13.6 Å². The molecule has 0 atom stereocenters. The van der Waals surface area contributed by atoms with Gasteiger partial charge >= 0.3 is 20.2 Å². The van der Waals surface area contributed by atoms with Crippen LogP contribution < -0.4 is 0 Å². The third kappa shape index (κ3) is 9.56. The van der Waals surface area contributed by atoms with Gasteiger partial charge in [-0.3, -0.25) is 74.3 Å². The van der Waals surface area contributed by atoms with Crippen LogP contribution in [0.3, 0.4) is 0 Å². The predicted octanol–water partition coefficient (Wildman–Crippen LogP) is 7.70. The van der Waals surface area contributed by atoms with Crippen molar-refractivity contribution in [3.05, 3.63) is 130 Å². The van der Waals surface area contributed by atoms with E-state index in [0.717, 1.165) is 0 Å². The van der Waals surface area contributed by atoms with Crippen LogP contribution in [0.5, 0.6) is 0 Å². The number of non-ortho nitro benzene ring substituents is 3. The summed E-state index contributed by atoms with van der Waals surface area (Å²) in [5.41, 5.74) is -18.5. The van der Waals surface area contributed by atoms with Gasteiger partial charge in [0.1, 0.15) is 6.67 Å². The Balaban J connectivity index is 2.26. The van der Waals surface area contributed by atoms with E-state index in [2.05, 4.69) is 0 Å². The molecule has 0 unspecified atom stereocenters. The molecule has 0 radical (unpaired) electrons. The molecule has 0 aliphatic heterocycles. The fourth-order valence-electron chi connectivity index (χ4n) is 4.43. The van der Waals surface area contributed by atoms with Crippen LogP contribution in [-0.2, 0) is 57.0 Å². The maximum absolute atomic E-state index is 14.0. The topological polar surface area (TPSA) is 304 Å². The zero-order valence-corrected chi connectivity index (χ0v) is 26.5. The summed E-state index contributed by atoms with van der Waals surface area (Å²) in [6.45, 7) is -7.39. The van der Waals surface area contributed by atoms with Crippen LogP contribution in [0.15, 0.2) is 36.4 Å². The van der Waals surface area contributed by atoms with Crippen LogP contribution in [0.1, 0.15) is 33.4 Å². The summed E-state index contributed by atoms with van der Waals surface area (Å²) in [5, 5.41) is 68.5. The smallest absolute Gasteiger partial charge is 0.282 e. The van der Waals surface area contributed by atoms with Crippen molar-refractivity contribution < 1.29 is 78.4 Å². The molecular weight excluding hydrogens is 792 g/mol. The van der Waals surface area contributed by atoms with Gasteiger partial charge in [-0.15, -0.1) is 0 Å². The molecule has 0 aliphatic carbocycles. The van der Waals surface area contributed by atoms with E-state index >= 15 is 0 Å². The lowest BCUT2D eigenvalue weighted by Crippen LogP contribution is -2.15. The van der Waals surface area contributed by atoms with Gasteiger partial charge in [0.25, 0.3) is 34.1 Å². The van der Waals surface area contributed by atoms with Crippen LogP contribution in [0, 0.1) is 60.7 Å². The van der Waals surface area contributed by atoms with Crippen LogP contribution >= 0.6 is 7.82 Å². The number of benzene rings is 3. The van der Waals surface area contributed by atoms with Gasteiger partial charge in [0.05, 0.1) is 95.4 Å². The van der Waals surface area contributed by atoms with E-state index in [9.17, 15) is 96.0 Å². The average molecular weight is 806 g/mol. The van der Waals surface area contributed by atoms with Gasteiger partial charge in [0.15, 0.2) is 0 Å². The summed E-state index contributed by atoms with van der Waals surface area (Å²) in [4.78, 5) is 59.7. The second-order valence-corrected chi connectivity index (χ2v) is 11.7. The molecule has 3 rings (SSSR count). The molecule has 0 amide bonds. The summed E-state index contributed by atoms with van der Waals surface area (Å²) in [6, 6.07) is 0.151. The molecule has 0 saturated heterocycles. The van der Waals surface area contributed by atoms with E-state index < -0.39 is 144 Å². The van der Waals surface area contributed by atoms with Crippen LogP contribution in [0.2, 0.25) is 0 Å². The lowest BCUT2D eigenvalue weighted by Gasteiger charge is -2.21. The first-order chi connectivity index (χ1) is 24.8. The Morgan fingerprint density at radius 3 is 1.07 bits per heavy atom. The Kier molecular flexibility index (Phi) is 12.3. The minimum absolute atomic E-state index is 0.00975. The van der Waals surface area contributed by atoms with Gasteiger partial charge in [-0.05, 0) is 0 Å². The Morgan fingerprint density at radius 1 is 0.500 bits per heavy atom. The van der Waals surface area contributed by atoms with E-state index in [1.54, 1.807) is 0 Å². The van der Waals surface area contributed by atoms with Gasteiger partial charge in [-0.1, -0.05) is 0 Å². The van der Waals surface area contributed by atoms with Crippen molar-refractivity contribution in [2.45, 2.75) is 38.8 Å². The average Bonchev–Trinajstić information content (AvgIpc) is 3.06. The van der Waals surface area contributed by atoms with Gasteiger partial charge in [-0.2, -0.15) is 26.3 Å². The van der Waals surface area contributed by atoms with E-state index in [1.807, 2.05) is 0 Å². The molecule has 30 heteroatoms. The summed E-state index contributed by atoms with van der Waals surface area (Å²) in [5.74, 6) is 0. The number of nitro groups is 6. The van der Waals surface area contributed by atoms with Crippen LogP contribution in [0.4, 0.5) is 64.9 Å². The fourth-order valence-corrected chi connectivity index (χ4v) is 5.51. The minimum Gasteiger partial charge on any atom is -0.282 e. The number of halogens is 7. The molecule has 0 saturated carbocycles. The summed E-state index contributed by atoms with van der Waals surface area (Å²) >= 11 is 0. The quantitative estimate of drug-likeness (QED) is 0.0579. The standard InChI is InChI=1S/C24H14F7N6O16P/c25-7-11-1-12(32(38)39)4-20(35(44)45)15(11)8-51-54(50,52-9-16-18(23(26,27)28)2-13(33(40)41)5-21(16)36(46)47)53-10-17-19(24(29,30)31)3-14(34(42)43)6-22(17)37(48)49/h1-6H,7-10H2. The second-order valence-electron chi connectivity index (χ2n) is 10.0. The van der Waals surface area contributed by atoms with E-state index in [0.29, 0.717) is 6.07 Å². The summed E-state index contributed by atoms with van der Waals surface area (Å²) < 4.78 is 126. The molecule has 290 valence electrons. The molecule has 0 fully saturated rings. The van der Waals surface area contributed by atoms with Gasteiger partial charge < -0.3 is 0 Å². The fraction of sp³-hybridized carbons (Fsp3) is 0.250. The van der Waals surface area contributed by atoms with Crippen molar-refractivity contribution in [3.63, 3.8) is 0 Å². The largest absolute Gasteiger partial charge is 0.475 e. The molecule has 0 bridgehead atoms. The number of nitro benzene ring substituents is 6. The molecule has 0 heterocycles. The van der Waals surface area contributed by atoms with Crippen molar-refractivity contribution in [2.24, 2.45) is 0 Å². The molecule has 0 N–H and O–H groups in total. The molecule has 0 aliphatic rings. The highest BCUT2D eigenvalue weighted by atomic mass is 31.2. The van der Waals surface area contributed by atoms with Gasteiger partial charge in [-0.25, -0.2) is 8.96 Å². The van der Waals surface area contributed by atoms with Crippen molar-refractivity contribution in [1.82, 2.24) is 0 Å².